The number of rotatable bonds is 7. The summed E-state index contributed by atoms with van der Waals surface area (Å²) in [6.07, 6.45) is 0. The van der Waals surface area contributed by atoms with Gasteiger partial charge in [-0.3, -0.25) is 0 Å². The van der Waals surface area contributed by atoms with Crippen LogP contribution < -0.4 is 14.8 Å². The lowest BCUT2D eigenvalue weighted by molar-refractivity contribution is 0.280. The molecule has 4 heteroatoms. The minimum Gasteiger partial charge on any atom is -0.493 e. The SMILES string of the molecule is CCNCc1ccccc1Oc1ccc(CO)cc1OC. The summed E-state index contributed by atoms with van der Waals surface area (Å²) in [5.74, 6) is 2.05. The van der Waals surface area contributed by atoms with Crippen molar-refractivity contribution in [3.63, 3.8) is 0 Å². The van der Waals surface area contributed by atoms with Gasteiger partial charge in [0.1, 0.15) is 5.75 Å². The van der Waals surface area contributed by atoms with Crippen molar-refractivity contribution < 1.29 is 14.6 Å². The number of nitrogens with one attached hydrogen (secondary N) is 1. The predicted octanol–water partition coefficient (Wildman–Crippen LogP) is 3.09. The lowest BCUT2D eigenvalue weighted by Gasteiger charge is -2.14. The molecular formula is C17H21NO3. The van der Waals surface area contributed by atoms with Crippen LogP contribution in [0.1, 0.15) is 18.1 Å². The number of hydrogen-bond donors (Lipinski definition) is 2. The molecule has 2 N–H and O–H groups in total. The predicted molar refractivity (Wildman–Crippen MR) is 82.8 cm³/mol. The molecule has 0 unspecified atom stereocenters. The molecule has 0 fully saturated rings. The van der Waals surface area contributed by atoms with Crippen LogP contribution in [0.25, 0.3) is 0 Å². The van der Waals surface area contributed by atoms with E-state index >= 15 is 0 Å². The van der Waals surface area contributed by atoms with E-state index in [1.165, 1.54) is 0 Å². The summed E-state index contributed by atoms with van der Waals surface area (Å²) in [5.41, 5.74) is 1.88. The van der Waals surface area contributed by atoms with Gasteiger partial charge in [0.25, 0.3) is 0 Å². The Balaban J connectivity index is 2.25. The highest BCUT2D eigenvalue weighted by molar-refractivity contribution is 5.46. The zero-order chi connectivity index (χ0) is 15.1. The van der Waals surface area contributed by atoms with E-state index in [1.807, 2.05) is 36.4 Å². The minimum atomic E-state index is -0.0202. The normalized spacial score (nSPS) is 10.4. The summed E-state index contributed by atoms with van der Waals surface area (Å²) >= 11 is 0. The summed E-state index contributed by atoms with van der Waals surface area (Å²) in [5, 5.41) is 12.5. The molecule has 2 aromatic rings. The third-order valence-electron chi connectivity index (χ3n) is 3.17. The van der Waals surface area contributed by atoms with Gasteiger partial charge < -0.3 is 19.9 Å². The van der Waals surface area contributed by atoms with Crippen molar-refractivity contribution in [3.8, 4) is 17.2 Å². The molecule has 21 heavy (non-hydrogen) atoms. The van der Waals surface area contributed by atoms with Crippen LogP contribution >= 0.6 is 0 Å². The van der Waals surface area contributed by atoms with Crippen LogP contribution in [0, 0.1) is 0 Å². The van der Waals surface area contributed by atoms with Crippen LogP contribution in [0.4, 0.5) is 0 Å². The summed E-state index contributed by atoms with van der Waals surface area (Å²) in [7, 11) is 1.59. The number of aliphatic hydroxyl groups is 1. The van der Waals surface area contributed by atoms with Crippen molar-refractivity contribution in [2.24, 2.45) is 0 Å². The van der Waals surface area contributed by atoms with E-state index in [1.54, 1.807) is 13.2 Å². The first-order chi connectivity index (χ1) is 10.3. The fourth-order valence-electron chi connectivity index (χ4n) is 2.02. The molecule has 0 saturated carbocycles. The van der Waals surface area contributed by atoms with Gasteiger partial charge in [-0.1, -0.05) is 31.2 Å². The van der Waals surface area contributed by atoms with E-state index in [9.17, 15) is 5.11 Å². The fraction of sp³-hybridized carbons (Fsp3) is 0.294. The minimum absolute atomic E-state index is 0.0202. The fourth-order valence-corrected chi connectivity index (χ4v) is 2.02. The molecule has 0 atom stereocenters. The van der Waals surface area contributed by atoms with E-state index in [0.717, 1.165) is 30.0 Å². The maximum atomic E-state index is 9.17. The first-order valence-electron chi connectivity index (χ1n) is 7.02. The first-order valence-corrected chi connectivity index (χ1v) is 7.02. The number of benzene rings is 2. The molecule has 2 rings (SSSR count). The van der Waals surface area contributed by atoms with Gasteiger partial charge in [-0.05, 0) is 30.3 Å². The van der Waals surface area contributed by atoms with Gasteiger partial charge in [0.2, 0.25) is 0 Å². The van der Waals surface area contributed by atoms with Crippen LogP contribution in [-0.4, -0.2) is 18.8 Å². The van der Waals surface area contributed by atoms with Crippen molar-refractivity contribution in [2.45, 2.75) is 20.1 Å². The molecule has 2 aromatic carbocycles. The summed E-state index contributed by atoms with van der Waals surface area (Å²) in [6.45, 7) is 3.71. The molecule has 0 aliphatic carbocycles. The number of ether oxygens (including phenoxy) is 2. The van der Waals surface area contributed by atoms with Crippen LogP contribution in [0.2, 0.25) is 0 Å². The van der Waals surface area contributed by atoms with Gasteiger partial charge in [0.05, 0.1) is 13.7 Å². The molecule has 0 saturated heterocycles. The van der Waals surface area contributed by atoms with Crippen molar-refractivity contribution in [1.82, 2.24) is 5.32 Å². The Hall–Kier alpha value is -2.04. The zero-order valence-electron chi connectivity index (χ0n) is 12.4. The van der Waals surface area contributed by atoms with Crippen LogP contribution in [-0.2, 0) is 13.2 Å². The number of para-hydroxylation sites is 1. The molecule has 0 amide bonds. The smallest absolute Gasteiger partial charge is 0.169 e. The molecule has 0 aliphatic heterocycles. The van der Waals surface area contributed by atoms with Gasteiger partial charge in [-0.15, -0.1) is 0 Å². The molecule has 0 aliphatic rings. The van der Waals surface area contributed by atoms with E-state index in [-0.39, 0.29) is 6.61 Å². The number of methoxy groups -OCH3 is 1. The maximum Gasteiger partial charge on any atom is 0.169 e. The van der Waals surface area contributed by atoms with Crippen LogP contribution in [0.5, 0.6) is 17.2 Å². The van der Waals surface area contributed by atoms with Gasteiger partial charge in [-0.2, -0.15) is 0 Å². The topological polar surface area (TPSA) is 50.7 Å². The highest BCUT2D eigenvalue weighted by atomic mass is 16.5. The highest BCUT2D eigenvalue weighted by Gasteiger charge is 2.09. The molecular weight excluding hydrogens is 266 g/mol. The van der Waals surface area contributed by atoms with Crippen molar-refractivity contribution in [1.29, 1.82) is 0 Å². The summed E-state index contributed by atoms with van der Waals surface area (Å²) < 4.78 is 11.3. The third-order valence-corrected chi connectivity index (χ3v) is 3.17. The Bertz CT molecular complexity index is 584. The Morgan fingerprint density at radius 2 is 1.86 bits per heavy atom. The largest absolute Gasteiger partial charge is 0.493 e. The first kappa shape index (κ1) is 15.4. The van der Waals surface area contributed by atoms with Gasteiger partial charge in [0, 0.05) is 12.1 Å². The van der Waals surface area contributed by atoms with Crippen molar-refractivity contribution in [2.75, 3.05) is 13.7 Å². The Labute approximate surface area is 125 Å². The van der Waals surface area contributed by atoms with E-state index in [0.29, 0.717) is 11.5 Å². The molecule has 4 nitrogen and oxygen atoms in total. The van der Waals surface area contributed by atoms with E-state index in [2.05, 4.69) is 12.2 Å². The van der Waals surface area contributed by atoms with Crippen molar-refractivity contribution >= 4 is 0 Å². The Morgan fingerprint density at radius 1 is 1.05 bits per heavy atom. The second kappa shape index (κ2) is 7.67. The quantitative estimate of drug-likeness (QED) is 0.821. The second-order valence-electron chi connectivity index (χ2n) is 4.63. The average Bonchev–Trinajstić information content (AvgIpc) is 2.54. The number of aliphatic hydroxyl groups excluding tert-OH is 1. The average molecular weight is 287 g/mol. The second-order valence-corrected chi connectivity index (χ2v) is 4.63. The van der Waals surface area contributed by atoms with Gasteiger partial charge in [-0.25, -0.2) is 0 Å². The van der Waals surface area contributed by atoms with Crippen LogP contribution in [0.3, 0.4) is 0 Å². The molecule has 0 bridgehead atoms. The molecule has 0 spiro atoms. The molecule has 0 radical (unpaired) electrons. The van der Waals surface area contributed by atoms with Crippen molar-refractivity contribution in [3.05, 3.63) is 53.6 Å². The Kier molecular flexibility index (Phi) is 5.60. The molecule has 0 heterocycles. The Morgan fingerprint density at radius 3 is 2.57 bits per heavy atom. The van der Waals surface area contributed by atoms with Gasteiger partial charge >= 0.3 is 0 Å². The maximum absolute atomic E-state index is 9.17. The summed E-state index contributed by atoms with van der Waals surface area (Å²) in [4.78, 5) is 0. The standard InChI is InChI=1S/C17H21NO3/c1-3-18-11-14-6-4-5-7-15(14)21-16-9-8-13(12-19)10-17(16)20-2/h4-10,18-19H,3,11-12H2,1-2H3. The van der Waals surface area contributed by atoms with Gasteiger partial charge in [0.15, 0.2) is 11.5 Å². The number of hydrogen-bond acceptors (Lipinski definition) is 4. The van der Waals surface area contributed by atoms with Crippen LogP contribution in [0.15, 0.2) is 42.5 Å². The van der Waals surface area contributed by atoms with E-state index in [4.69, 9.17) is 9.47 Å². The zero-order valence-corrected chi connectivity index (χ0v) is 12.4. The molecule has 0 aromatic heterocycles. The third kappa shape index (κ3) is 3.97. The summed E-state index contributed by atoms with van der Waals surface area (Å²) in [6, 6.07) is 13.3. The van der Waals surface area contributed by atoms with E-state index < -0.39 is 0 Å². The lowest BCUT2D eigenvalue weighted by Crippen LogP contribution is -2.12. The monoisotopic (exact) mass is 287 g/mol. The molecule has 112 valence electrons. The lowest BCUT2D eigenvalue weighted by atomic mass is 10.2. The highest BCUT2D eigenvalue weighted by Crippen LogP contribution is 2.33.